The molecule has 1 atom stereocenters. The Labute approximate surface area is 141 Å². The molecule has 0 radical (unpaired) electrons. The topological polar surface area (TPSA) is 76.7 Å². The summed E-state index contributed by atoms with van der Waals surface area (Å²) in [5.74, 6) is -0.596. The maximum Gasteiger partial charge on any atom is 0.407 e. The molecule has 0 saturated carbocycles. The van der Waals surface area contributed by atoms with Gasteiger partial charge in [-0.05, 0) is 31.4 Å². The third-order valence-electron chi connectivity index (χ3n) is 3.21. The lowest BCUT2D eigenvalue weighted by Gasteiger charge is -2.21. The van der Waals surface area contributed by atoms with Gasteiger partial charge in [0.05, 0.1) is 13.2 Å². The Kier molecular flexibility index (Phi) is 8.60. The molecule has 1 rings (SSSR count). The van der Waals surface area contributed by atoms with Crippen LogP contribution in [-0.4, -0.2) is 37.8 Å². The summed E-state index contributed by atoms with van der Waals surface area (Å²) in [6.07, 6.45) is -0.0983. The van der Waals surface area contributed by atoms with Crippen molar-refractivity contribution in [2.24, 2.45) is 5.92 Å². The molecule has 1 aromatic carbocycles. The Morgan fingerprint density at radius 2 is 1.96 bits per heavy atom. The van der Waals surface area contributed by atoms with E-state index in [2.05, 4.69) is 10.6 Å². The number of amides is 2. The van der Waals surface area contributed by atoms with E-state index in [1.807, 2.05) is 13.8 Å². The van der Waals surface area contributed by atoms with E-state index in [9.17, 15) is 14.0 Å². The van der Waals surface area contributed by atoms with E-state index in [1.54, 1.807) is 25.1 Å². The number of carbonyl (C=O) groups is 2. The average molecular weight is 340 g/mol. The van der Waals surface area contributed by atoms with Crippen LogP contribution >= 0.6 is 0 Å². The zero-order valence-corrected chi connectivity index (χ0v) is 14.3. The van der Waals surface area contributed by atoms with Gasteiger partial charge in [0, 0.05) is 6.54 Å². The highest BCUT2D eigenvalue weighted by molar-refractivity contribution is 5.85. The molecule has 0 saturated heterocycles. The molecule has 0 aliphatic carbocycles. The van der Waals surface area contributed by atoms with Crippen molar-refractivity contribution in [3.05, 3.63) is 30.1 Å². The Bertz CT molecular complexity index is 537. The normalized spacial score (nSPS) is 11.7. The van der Waals surface area contributed by atoms with Crippen molar-refractivity contribution < 1.29 is 23.5 Å². The highest BCUT2D eigenvalue weighted by Crippen LogP contribution is 2.15. The average Bonchev–Trinajstić information content (AvgIpc) is 2.53. The Balaban J connectivity index is 2.32. The summed E-state index contributed by atoms with van der Waals surface area (Å²) in [4.78, 5) is 23.6. The van der Waals surface area contributed by atoms with Crippen LogP contribution in [0.5, 0.6) is 5.75 Å². The summed E-state index contributed by atoms with van der Waals surface area (Å²) in [5, 5.41) is 5.27. The number of para-hydroxylation sites is 1. The van der Waals surface area contributed by atoms with Gasteiger partial charge in [0.1, 0.15) is 6.04 Å². The third-order valence-corrected chi connectivity index (χ3v) is 3.21. The van der Waals surface area contributed by atoms with Crippen molar-refractivity contribution >= 4 is 12.0 Å². The molecule has 0 fully saturated rings. The van der Waals surface area contributed by atoms with Crippen molar-refractivity contribution in [2.75, 3.05) is 19.8 Å². The number of ether oxygens (including phenoxy) is 2. The Hall–Kier alpha value is -2.31. The number of halogens is 1. The molecule has 134 valence electrons. The van der Waals surface area contributed by atoms with Gasteiger partial charge < -0.3 is 20.1 Å². The van der Waals surface area contributed by atoms with E-state index in [0.29, 0.717) is 13.0 Å². The van der Waals surface area contributed by atoms with Crippen LogP contribution in [0.1, 0.15) is 27.2 Å². The molecular weight excluding hydrogens is 315 g/mol. The predicted molar refractivity (Wildman–Crippen MR) is 88.3 cm³/mol. The first-order valence-electron chi connectivity index (χ1n) is 8.04. The number of hydrogen-bond donors (Lipinski definition) is 2. The van der Waals surface area contributed by atoms with Crippen LogP contribution in [0.4, 0.5) is 9.18 Å². The molecule has 0 aliphatic rings. The Morgan fingerprint density at radius 1 is 1.25 bits per heavy atom. The lowest BCUT2D eigenvalue weighted by molar-refractivity contribution is -0.124. The highest BCUT2D eigenvalue weighted by Gasteiger charge is 2.24. The summed E-state index contributed by atoms with van der Waals surface area (Å²) in [7, 11) is 0. The maximum atomic E-state index is 13.4. The van der Waals surface area contributed by atoms with Gasteiger partial charge in [-0.25, -0.2) is 9.18 Å². The molecule has 6 nitrogen and oxygen atoms in total. The van der Waals surface area contributed by atoms with Crippen molar-refractivity contribution in [1.29, 1.82) is 0 Å². The monoisotopic (exact) mass is 340 g/mol. The van der Waals surface area contributed by atoms with Crippen molar-refractivity contribution in [1.82, 2.24) is 10.6 Å². The van der Waals surface area contributed by atoms with Gasteiger partial charge >= 0.3 is 6.09 Å². The van der Waals surface area contributed by atoms with Crippen molar-refractivity contribution in [2.45, 2.75) is 33.2 Å². The molecule has 0 aliphatic heterocycles. The van der Waals surface area contributed by atoms with E-state index in [0.717, 1.165) is 0 Å². The standard InChI is InChI=1S/C17H25FN2O4/c1-4-23-17(22)20-15(12(2)3)16(21)19-10-7-11-24-14-9-6-5-8-13(14)18/h5-6,8-9,12,15H,4,7,10-11H2,1-3H3,(H,19,21)(H,20,22). The number of rotatable bonds is 9. The lowest BCUT2D eigenvalue weighted by Crippen LogP contribution is -2.50. The van der Waals surface area contributed by atoms with Gasteiger partial charge in [0.25, 0.3) is 0 Å². The van der Waals surface area contributed by atoms with Gasteiger partial charge in [0.2, 0.25) is 5.91 Å². The van der Waals surface area contributed by atoms with E-state index < -0.39 is 18.0 Å². The number of nitrogens with one attached hydrogen (secondary N) is 2. The van der Waals surface area contributed by atoms with E-state index >= 15 is 0 Å². The number of hydrogen-bond acceptors (Lipinski definition) is 4. The minimum atomic E-state index is -0.670. The fraction of sp³-hybridized carbons (Fsp3) is 0.529. The molecule has 7 heteroatoms. The predicted octanol–water partition coefficient (Wildman–Crippen LogP) is 2.48. The lowest BCUT2D eigenvalue weighted by atomic mass is 10.0. The van der Waals surface area contributed by atoms with Gasteiger partial charge in [-0.3, -0.25) is 4.79 Å². The molecule has 24 heavy (non-hydrogen) atoms. The first-order valence-corrected chi connectivity index (χ1v) is 8.04. The minimum absolute atomic E-state index is 0.0796. The summed E-state index contributed by atoms with van der Waals surface area (Å²) in [6.45, 7) is 6.24. The highest BCUT2D eigenvalue weighted by atomic mass is 19.1. The largest absolute Gasteiger partial charge is 0.490 e. The zero-order chi connectivity index (χ0) is 17.9. The molecule has 0 spiro atoms. The summed E-state index contributed by atoms with van der Waals surface area (Å²) < 4.78 is 23.5. The molecule has 1 unspecified atom stereocenters. The quantitative estimate of drug-likeness (QED) is 0.677. The second-order valence-electron chi connectivity index (χ2n) is 5.51. The minimum Gasteiger partial charge on any atom is -0.490 e. The van der Waals surface area contributed by atoms with Crippen LogP contribution in [0.2, 0.25) is 0 Å². The van der Waals surface area contributed by atoms with E-state index in [1.165, 1.54) is 6.07 Å². The second-order valence-corrected chi connectivity index (χ2v) is 5.51. The van der Waals surface area contributed by atoms with Crippen LogP contribution in [0.25, 0.3) is 0 Å². The first kappa shape index (κ1) is 19.7. The number of benzene rings is 1. The SMILES string of the molecule is CCOC(=O)NC(C(=O)NCCCOc1ccccc1F)C(C)C. The molecular formula is C17H25FN2O4. The van der Waals surface area contributed by atoms with Crippen LogP contribution < -0.4 is 15.4 Å². The molecule has 1 aromatic rings. The van der Waals surface area contributed by atoms with Gasteiger partial charge in [-0.2, -0.15) is 0 Å². The third kappa shape index (κ3) is 6.85. The summed E-state index contributed by atoms with van der Waals surface area (Å²) in [6, 6.07) is 5.48. The molecule has 0 aromatic heterocycles. The van der Waals surface area contributed by atoms with E-state index in [-0.39, 0.29) is 30.8 Å². The summed E-state index contributed by atoms with van der Waals surface area (Å²) in [5.41, 5.74) is 0. The van der Waals surface area contributed by atoms with Gasteiger partial charge in [-0.15, -0.1) is 0 Å². The Morgan fingerprint density at radius 3 is 2.58 bits per heavy atom. The number of carbonyl (C=O) groups excluding carboxylic acids is 2. The molecule has 0 bridgehead atoms. The van der Waals surface area contributed by atoms with Crippen LogP contribution in [0.15, 0.2) is 24.3 Å². The van der Waals surface area contributed by atoms with Crippen molar-refractivity contribution in [3.8, 4) is 5.75 Å². The number of alkyl carbamates (subject to hydrolysis) is 1. The van der Waals surface area contributed by atoms with Crippen LogP contribution in [-0.2, 0) is 9.53 Å². The first-order chi connectivity index (χ1) is 11.5. The fourth-order valence-electron chi connectivity index (χ4n) is 1.97. The van der Waals surface area contributed by atoms with E-state index in [4.69, 9.17) is 9.47 Å². The smallest absolute Gasteiger partial charge is 0.407 e. The molecule has 2 N–H and O–H groups in total. The van der Waals surface area contributed by atoms with Crippen LogP contribution in [0, 0.1) is 11.7 Å². The zero-order valence-electron chi connectivity index (χ0n) is 14.3. The maximum absolute atomic E-state index is 13.4. The summed E-state index contributed by atoms with van der Waals surface area (Å²) >= 11 is 0. The molecule has 2 amide bonds. The molecule has 0 heterocycles. The second kappa shape index (κ2) is 10.5. The van der Waals surface area contributed by atoms with Gasteiger partial charge in [0.15, 0.2) is 11.6 Å². The van der Waals surface area contributed by atoms with Crippen molar-refractivity contribution in [3.63, 3.8) is 0 Å². The van der Waals surface area contributed by atoms with Gasteiger partial charge in [-0.1, -0.05) is 26.0 Å². The fourth-order valence-corrected chi connectivity index (χ4v) is 1.97. The van der Waals surface area contributed by atoms with Crippen LogP contribution in [0.3, 0.4) is 0 Å².